The summed E-state index contributed by atoms with van der Waals surface area (Å²) in [4.78, 5) is 13.3. The molecule has 1 aliphatic rings. The third-order valence-electron chi connectivity index (χ3n) is 6.30. The first kappa shape index (κ1) is 23.3. The second-order valence-electron chi connectivity index (χ2n) is 8.40. The fourth-order valence-electron chi connectivity index (χ4n) is 4.39. The van der Waals surface area contributed by atoms with Gasteiger partial charge in [-0.05, 0) is 61.2 Å². The molecule has 0 aliphatic carbocycles. The van der Waals surface area contributed by atoms with E-state index in [4.69, 9.17) is 4.74 Å². The van der Waals surface area contributed by atoms with E-state index in [-0.39, 0.29) is 11.9 Å². The van der Waals surface area contributed by atoms with Crippen molar-refractivity contribution in [2.75, 3.05) is 20.2 Å². The molecule has 7 nitrogen and oxygen atoms in total. The lowest BCUT2D eigenvalue weighted by atomic mass is 10.1. The summed E-state index contributed by atoms with van der Waals surface area (Å²) in [5.41, 5.74) is 1.84. The zero-order chi connectivity index (χ0) is 23.4. The summed E-state index contributed by atoms with van der Waals surface area (Å²) in [6, 6.07) is 14.3. The van der Waals surface area contributed by atoms with Gasteiger partial charge in [-0.2, -0.15) is 4.31 Å². The molecule has 0 radical (unpaired) electrons. The lowest BCUT2D eigenvalue weighted by Crippen LogP contribution is -2.35. The van der Waals surface area contributed by atoms with Crippen molar-refractivity contribution in [1.29, 1.82) is 0 Å². The maximum Gasteiger partial charge on any atom is 0.243 e. The SMILES string of the molecule is CC[C@H](C(=O)NCc1ccc(OC)cc1)n1ccc2cc(S(=O)(=O)N3CCCCC3)ccc21. The minimum Gasteiger partial charge on any atom is -0.497 e. The molecule has 0 unspecified atom stereocenters. The van der Waals surface area contributed by atoms with Crippen molar-refractivity contribution >= 4 is 26.8 Å². The highest BCUT2D eigenvalue weighted by Gasteiger charge is 2.27. The van der Waals surface area contributed by atoms with E-state index in [9.17, 15) is 13.2 Å². The molecule has 0 saturated carbocycles. The van der Waals surface area contributed by atoms with E-state index in [1.165, 1.54) is 0 Å². The van der Waals surface area contributed by atoms with Crippen LogP contribution in [-0.2, 0) is 21.4 Å². The zero-order valence-electron chi connectivity index (χ0n) is 19.2. The fraction of sp³-hybridized carbons (Fsp3) is 0.400. The van der Waals surface area contributed by atoms with Gasteiger partial charge in [-0.3, -0.25) is 4.79 Å². The summed E-state index contributed by atoms with van der Waals surface area (Å²) in [7, 11) is -1.87. The first-order chi connectivity index (χ1) is 15.9. The molecule has 1 aliphatic heterocycles. The third kappa shape index (κ3) is 4.91. The van der Waals surface area contributed by atoms with Gasteiger partial charge in [0.25, 0.3) is 0 Å². The predicted molar refractivity (Wildman–Crippen MR) is 129 cm³/mol. The van der Waals surface area contributed by atoms with E-state index in [2.05, 4.69) is 5.32 Å². The number of ether oxygens (including phenoxy) is 1. The van der Waals surface area contributed by atoms with Gasteiger partial charge >= 0.3 is 0 Å². The van der Waals surface area contributed by atoms with Crippen LogP contribution in [0.3, 0.4) is 0 Å². The average Bonchev–Trinajstić information content (AvgIpc) is 3.27. The standard InChI is InChI=1S/C25H31N3O4S/c1-3-23(25(29)26-18-19-7-9-21(32-2)10-8-19)28-16-13-20-17-22(11-12-24(20)28)33(30,31)27-14-5-4-6-15-27/h7-13,16-17,23H,3-6,14-15,18H2,1-2H3,(H,26,29)/t23-/m1/s1. The van der Waals surface area contributed by atoms with E-state index in [1.54, 1.807) is 23.5 Å². The second-order valence-corrected chi connectivity index (χ2v) is 10.3. The normalized spacial score (nSPS) is 15.9. The van der Waals surface area contributed by atoms with Crippen LogP contribution in [0, 0.1) is 0 Å². The number of hydrogen-bond acceptors (Lipinski definition) is 4. The maximum absolute atomic E-state index is 13.0. The first-order valence-corrected chi connectivity index (χ1v) is 12.9. The Hall–Kier alpha value is -2.84. The molecule has 176 valence electrons. The molecule has 8 heteroatoms. The lowest BCUT2D eigenvalue weighted by molar-refractivity contribution is -0.124. The Morgan fingerprint density at radius 2 is 1.79 bits per heavy atom. The highest BCUT2D eigenvalue weighted by atomic mass is 32.2. The third-order valence-corrected chi connectivity index (χ3v) is 8.19. The number of nitrogens with one attached hydrogen (secondary N) is 1. The minimum atomic E-state index is -3.49. The van der Waals surface area contributed by atoms with Crippen molar-refractivity contribution in [1.82, 2.24) is 14.2 Å². The van der Waals surface area contributed by atoms with E-state index < -0.39 is 10.0 Å². The molecule has 1 fully saturated rings. The number of carbonyl (C=O) groups excluding carboxylic acids is 1. The first-order valence-electron chi connectivity index (χ1n) is 11.5. The van der Waals surface area contributed by atoms with Gasteiger partial charge in [0, 0.05) is 36.7 Å². The summed E-state index contributed by atoms with van der Waals surface area (Å²) in [6.07, 6.45) is 5.37. The highest BCUT2D eigenvalue weighted by Crippen LogP contribution is 2.27. The molecule has 1 aromatic heterocycles. The van der Waals surface area contributed by atoms with Crippen molar-refractivity contribution < 1.29 is 17.9 Å². The molecule has 4 rings (SSSR count). The fourth-order valence-corrected chi connectivity index (χ4v) is 5.94. The van der Waals surface area contributed by atoms with Crippen LogP contribution in [0.2, 0.25) is 0 Å². The molecule has 2 heterocycles. The Labute approximate surface area is 195 Å². The Kier molecular flexibility index (Phi) is 7.05. The number of carbonyl (C=O) groups is 1. The number of benzene rings is 2. The van der Waals surface area contributed by atoms with Gasteiger partial charge in [0.15, 0.2) is 0 Å². The van der Waals surface area contributed by atoms with Crippen molar-refractivity contribution in [2.24, 2.45) is 0 Å². The summed E-state index contributed by atoms with van der Waals surface area (Å²) in [6.45, 7) is 3.55. The quantitative estimate of drug-likeness (QED) is 0.539. The van der Waals surface area contributed by atoms with Gasteiger partial charge in [0.05, 0.1) is 12.0 Å². The Bertz CT molecular complexity index is 1210. The molecule has 1 saturated heterocycles. The van der Waals surface area contributed by atoms with Crippen LogP contribution < -0.4 is 10.1 Å². The second kappa shape index (κ2) is 9.97. The van der Waals surface area contributed by atoms with Crippen molar-refractivity contribution in [3.63, 3.8) is 0 Å². The van der Waals surface area contributed by atoms with Crippen LogP contribution in [0.1, 0.15) is 44.2 Å². The molecular formula is C25H31N3O4S. The Morgan fingerprint density at radius 3 is 2.45 bits per heavy atom. The smallest absolute Gasteiger partial charge is 0.243 e. The molecule has 0 spiro atoms. The minimum absolute atomic E-state index is 0.0733. The van der Waals surface area contributed by atoms with Gasteiger partial charge in [0.2, 0.25) is 15.9 Å². The van der Waals surface area contributed by atoms with E-state index in [0.717, 1.165) is 41.5 Å². The molecule has 1 atom stereocenters. The summed E-state index contributed by atoms with van der Waals surface area (Å²) in [5.74, 6) is 0.702. The number of nitrogens with zero attached hydrogens (tertiary/aromatic N) is 2. The number of sulfonamides is 1. The number of fused-ring (bicyclic) bond motifs is 1. The van der Waals surface area contributed by atoms with Gasteiger partial charge in [-0.25, -0.2) is 8.42 Å². The molecule has 0 bridgehead atoms. The van der Waals surface area contributed by atoms with E-state index >= 15 is 0 Å². The number of methoxy groups -OCH3 is 1. The van der Waals surface area contributed by atoms with Crippen LogP contribution in [0.4, 0.5) is 0 Å². The number of aromatic nitrogens is 1. The van der Waals surface area contributed by atoms with Crippen molar-refractivity contribution in [3.05, 3.63) is 60.3 Å². The van der Waals surface area contributed by atoms with E-state index in [0.29, 0.717) is 31.0 Å². The predicted octanol–water partition coefficient (Wildman–Crippen LogP) is 4.09. The van der Waals surface area contributed by atoms with Crippen LogP contribution in [0.25, 0.3) is 10.9 Å². The van der Waals surface area contributed by atoms with Crippen LogP contribution >= 0.6 is 0 Å². The Morgan fingerprint density at radius 1 is 1.06 bits per heavy atom. The molecule has 1 amide bonds. The number of amides is 1. The number of piperidine rings is 1. The largest absolute Gasteiger partial charge is 0.497 e. The average molecular weight is 470 g/mol. The molecular weight excluding hydrogens is 438 g/mol. The van der Waals surface area contributed by atoms with E-state index in [1.807, 2.05) is 54.1 Å². The Balaban J connectivity index is 1.52. The monoisotopic (exact) mass is 469 g/mol. The summed E-state index contributed by atoms with van der Waals surface area (Å²) < 4.78 is 34.8. The van der Waals surface area contributed by atoms with Gasteiger partial charge in [-0.1, -0.05) is 25.5 Å². The van der Waals surface area contributed by atoms with Gasteiger partial charge in [-0.15, -0.1) is 0 Å². The zero-order valence-corrected chi connectivity index (χ0v) is 20.0. The van der Waals surface area contributed by atoms with Crippen LogP contribution in [0.5, 0.6) is 5.75 Å². The molecule has 1 N–H and O–H groups in total. The van der Waals surface area contributed by atoms with Gasteiger partial charge < -0.3 is 14.6 Å². The molecule has 2 aromatic carbocycles. The summed E-state index contributed by atoms with van der Waals surface area (Å²) in [5, 5.41) is 3.83. The number of hydrogen-bond donors (Lipinski definition) is 1. The topological polar surface area (TPSA) is 80.6 Å². The maximum atomic E-state index is 13.0. The van der Waals surface area contributed by atoms with Crippen LogP contribution in [-0.4, -0.2) is 43.4 Å². The van der Waals surface area contributed by atoms with Crippen molar-refractivity contribution in [2.45, 2.75) is 50.1 Å². The van der Waals surface area contributed by atoms with Crippen molar-refractivity contribution in [3.8, 4) is 5.75 Å². The number of rotatable bonds is 8. The highest BCUT2D eigenvalue weighted by molar-refractivity contribution is 7.89. The molecule has 3 aromatic rings. The van der Waals surface area contributed by atoms with Crippen LogP contribution in [0.15, 0.2) is 59.6 Å². The lowest BCUT2D eigenvalue weighted by Gasteiger charge is -2.26. The molecule has 33 heavy (non-hydrogen) atoms. The van der Waals surface area contributed by atoms with Gasteiger partial charge in [0.1, 0.15) is 11.8 Å². The summed E-state index contributed by atoms with van der Waals surface area (Å²) >= 11 is 0.